The van der Waals surface area contributed by atoms with Crippen molar-refractivity contribution in [2.75, 3.05) is 11.4 Å². The number of aromatic nitrogens is 2. The van der Waals surface area contributed by atoms with Crippen LogP contribution in [0.5, 0.6) is 0 Å². The molecule has 144 valence electrons. The van der Waals surface area contributed by atoms with E-state index in [9.17, 15) is 4.79 Å². The van der Waals surface area contributed by atoms with Crippen LogP contribution in [-0.2, 0) is 13.0 Å². The van der Waals surface area contributed by atoms with Crippen LogP contribution < -0.4 is 10.2 Å². The van der Waals surface area contributed by atoms with Crippen molar-refractivity contribution >= 4 is 11.7 Å². The highest BCUT2D eigenvalue weighted by Crippen LogP contribution is 2.18. The monoisotopic (exact) mass is 374 g/mol. The zero-order valence-electron chi connectivity index (χ0n) is 16.4. The molecule has 0 fully saturated rings. The highest BCUT2D eigenvalue weighted by molar-refractivity contribution is 5.92. The first kappa shape index (κ1) is 19.5. The Kier molecular flexibility index (Phi) is 6.73. The lowest BCUT2D eigenvalue weighted by Gasteiger charge is -2.28. The van der Waals surface area contributed by atoms with Crippen molar-refractivity contribution in [3.8, 4) is 0 Å². The zero-order chi connectivity index (χ0) is 19.8. The first-order chi connectivity index (χ1) is 13.6. The predicted octanol–water partition coefficient (Wildman–Crippen LogP) is 3.86. The minimum absolute atomic E-state index is 0.178. The minimum Gasteiger partial charge on any atom is -0.350 e. The lowest BCUT2D eigenvalue weighted by Crippen LogP contribution is -2.32. The van der Waals surface area contributed by atoms with E-state index in [1.807, 2.05) is 36.4 Å². The van der Waals surface area contributed by atoms with E-state index < -0.39 is 0 Å². The Hall–Kier alpha value is -3.21. The third kappa shape index (κ3) is 5.39. The van der Waals surface area contributed by atoms with Gasteiger partial charge in [-0.05, 0) is 31.4 Å². The average Bonchev–Trinajstić information content (AvgIpc) is 2.73. The summed E-state index contributed by atoms with van der Waals surface area (Å²) < 4.78 is 0. The molecule has 0 unspecified atom stereocenters. The minimum atomic E-state index is -0.178. The molecule has 0 atom stereocenters. The topological polar surface area (TPSA) is 58.1 Å². The van der Waals surface area contributed by atoms with Crippen LogP contribution in [0.4, 0.5) is 5.82 Å². The van der Waals surface area contributed by atoms with Gasteiger partial charge in [-0.25, -0.2) is 9.97 Å². The van der Waals surface area contributed by atoms with Crippen LogP contribution in [0, 0.1) is 0 Å². The molecule has 5 nitrogen and oxygen atoms in total. The Morgan fingerprint density at radius 2 is 1.61 bits per heavy atom. The van der Waals surface area contributed by atoms with Gasteiger partial charge in [-0.2, -0.15) is 0 Å². The maximum absolute atomic E-state index is 12.5. The zero-order valence-corrected chi connectivity index (χ0v) is 16.4. The summed E-state index contributed by atoms with van der Waals surface area (Å²) in [5.41, 5.74) is 2.78. The van der Waals surface area contributed by atoms with Crippen LogP contribution in [0.3, 0.4) is 0 Å². The maximum Gasteiger partial charge on any atom is 0.270 e. The summed E-state index contributed by atoms with van der Waals surface area (Å²) in [5.74, 6) is 0.574. The van der Waals surface area contributed by atoms with Gasteiger partial charge in [0.15, 0.2) is 0 Å². The Morgan fingerprint density at radius 3 is 2.25 bits per heavy atom. The average molecular weight is 374 g/mol. The number of nitrogens with zero attached hydrogens (tertiary/aromatic N) is 3. The van der Waals surface area contributed by atoms with Gasteiger partial charge in [-0.1, -0.05) is 60.7 Å². The van der Waals surface area contributed by atoms with Crippen molar-refractivity contribution in [1.82, 2.24) is 15.3 Å². The second-order valence-electron chi connectivity index (χ2n) is 6.96. The third-order valence-electron chi connectivity index (χ3n) is 4.54. The largest absolute Gasteiger partial charge is 0.350 e. The molecule has 28 heavy (non-hydrogen) atoms. The van der Waals surface area contributed by atoms with E-state index in [1.54, 1.807) is 6.07 Å². The molecule has 0 aliphatic rings. The molecular formula is C23H26N4O. The number of nitrogens with one attached hydrogen (secondary N) is 1. The normalized spacial score (nSPS) is 10.7. The van der Waals surface area contributed by atoms with Crippen LogP contribution in [0.15, 0.2) is 73.1 Å². The lowest BCUT2D eigenvalue weighted by molar-refractivity contribution is 0.0949. The number of anilines is 1. The SMILES string of the molecule is CC(C)N(Cc1ccccc1)c1cc(C(=O)NCCc2ccccc2)ncn1. The van der Waals surface area contributed by atoms with Gasteiger partial charge in [0.1, 0.15) is 17.8 Å². The molecule has 0 bridgehead atoms. The number of carbonyl (C=O) groups is 1. The number of rotatable bonds is 8. The summed E-state index contributed by atoms with van der Waals surface area (Å²) in [6.45, 7) is 5.53. The van der Waals surface area contributed by atoms with Gasteiger partial charge in [-0.15, -0.1) is 0 Å². The summed E-state index contributed by atoms with van der Waals surface area (Å²) >= 11 is 0. The van der Waals surface area contributed by atoms with E-state index in [-0.39, 0.29) is 11.9 Å². The van der Waals surface area contributed by atoms with Crippen LogP contribution in [0.2, 0.25) is 0 Å². The highest BCUT2D eigenvalue weighted by Gasteiger charge is 2.16. The number of amides is 1. The molecule has 1 N–H and O–H groups in total. The molecule has 1 heterocycles. The van der Waals surface area contributed by atoms with E-state index in [0.717, 1.165) is 18.8 Å². The van der Waals surface area contributed by atoms with Gasteiger partial charge in [0.25, 0.3) is 5.91 Å². The van der Waals surface area contributed by atoms with E-state index in [1.165, 1.54) is 17.5 Å². The van der Waals surface area contributed by atoms with E-state index >= 15 is 0 Å². The molecule has 0 aliphatic heterocycles. The van der Waals surface area contributed by atoms with Gasteiger partial charge in [-0.3, -0.25) is 4.79 Å². The van der Waals surface area contributed by atoms with Gasteiger partial charge >= 0.3 is 0 Å². The van der Waals surface area contributed by atoms with Gasteiger partial charge in [0.2, 0.25) is 0 Å². The van der Waals surface area contributed by atoms with Crippen LogP contribution in [0.1, 0.15) is 35.5 Å². The number of hydrogen-bond acceptors (Lipinski definition) is 4. The third-order valence-corrected chi connectivity index (χ3v) is 4.54. The number of hydrogen-bond donors (Lipinski definition) is 1. The Balaban J connectivity index is 1.66. The van der Waals surface area contributed by atoms with Crippen molar-refractivity contribution in [1.29, 1.82) is 0 Å². The van der Waals surface area contributed by atoms with Crippen LogP contribution >= 0.6 is 0 Å². The first-order valence-electron chi connectivity index (χ1n) is 9.58. The van der Waals surface area contributed by atoms with E-state index in [0.29, 0.717) is 12.2 Å². The van der Waals surface area contributed by atoms with Gasteiger partial charge in [0, 0.05) is 25.2 Å². The summed E-state index contributed by atoms with van der Waals surface area (Å²) in [6, 6.07) is 22.3. The fourth-order valence-electron chi connectivity index (χ4n) is 2.99. The summed E-state index contributed by atoms with van der Waals surface area (Å²) in [4.78, 5) is 23.2. The second kappa shape index (κ2) is 9.65. The number of carbonyl (C=O) groups excluding carboxylic acids is 1. The van der Waals surface area contributed by atoms with E-state index in [2.05, 4.69) is 58.3 Å². The Bertz CT molecular complexity index is 881. The summed E-state index contributed by atoms with van der Waals surface area (Å²) in [6.07, 6.45) is 2.25. The molecular weight excluding hydrogens is 348 g/mol. The number of benzene rings is 2. The maximum atomic E-state index is 12.5. The predicted molar refractivity (Wildman–Crippen MR) is 112 cm³/mol. The molecule has 1 amide bonds. The molecule has 3 aromatic rings. The van der Waals surface area contributed by atoms with Crippen LogP contribution in [-0.4, -0.2) is 28.5 Å². The van der Waals surface area contributed by atoms with Crippen molar-refractivity contribution in [3.63, 3.8) is 0 Å². The molecule has 1 aromatic heterocycles. The fraction of sp³-hybridized carbons (Fsp3) is 0.261. The molecule has 2 aromatic carbocycles. The van der Waals surface area contributed by atoms with Gasteiger partial charge in [0.05, 0.1) is 0 Å². The smallest absolute Gasteiger partial charge is 0.270 e. The molecule has 0 radical (unpaired) electrons. The summed E-state index contributed by atoms with van der Waals surface area (Å²) in [5, 5.41) is 2.94. The molecule has 3 rings (SSSR count). The molecule has 5 heteroatoms. The summed E-state index contributed by atoms with van der Waals surface area (Å²) in [7, 11) is 0. The van der Waals surface area contributed by atoms with Crippen molar-refractivity contribution in [3.05, 3.63) is 89.9 Å². The lowest BCUT2D eigenvalue weighted by atomic mass is 10.1. The van der Waals surface area contributed by atoms with Crippen molar-refractivity contribution in [2.24, 2.45) is 0 Å². The first-order valence-corrected chi connectivity index (χ1v) is 9.58. The quantitative estimate of drug-likeness (QED) is 0.650. The molecule has 0 aliphatic carbocycles. The standard InChI is InChI=1S/C23H26N4O/c1-18(2)27(16-20-11-7-4-8-12-20)22-15-21(25-17-26-22)23(28)24-14-13-19-9-5-3-6-10-19/h3-12,15,17-18H,13-14,16H2,1-2H3,(H,24,28). The second-order valence-corrected chi connectivity index (χ2v) is 6.96. The molecule has 0 spiro atoms. The Labute approximate surface area is 166 Å². The molecule has 0 saturated carbocycles. The fourth-order valence-corrected chi connectivity index (χ4v) is 2.99. The highest BCUT2D eigenvalue weighted by atomic mass is 16.1. The van der Waals surface area contributed by atoms with Crippen molar-refractivity contribution < 1.29 is 4.79 Å². The van der Waals surface area contributed by atoms with E-state index in [4.69, 9.17) is 0 Å². The van der Waals surface area contributed by atoms with Crippen LogP contribution in [0.25, 0.3) is 0 Å². The van der Waals surface area contributed by atoms with Gasteiger partial charge < -0.3 is 10.2 Å². The molecule has 0 saturated heterocycles. The van der Waals surface area contributed by atoms with Crippen molar-refractivity contribution in [2.45, 2.75) is 32.9 Å². The Morgan fingerprint density at radius 1 is 0.964 bits per heavy atom.